The summed E-state index contributed by atoms with van der Waals surface area (Å²) in [7, 11) is 0. The Morgan fingerprint density at radius 3 is 3.00 bits per heavy atom. The first kappa shape index (κ1) is 9.23. The molecule has 0 radical (unpaired) electrons. The van der Waals surface area contributed by atoms with Crippen molar-refractivity contribution in [3.8, 4) is 0 Å². The average molecular weight is 165 g/mol. The standard InChI is InChI=1S/C10H15NO/c1-3-4-5-9(2)10-8-12-7-6-11-10/h3-5,10-11H,1-2,6-8H2/b5-4-. The second-order valence-corrected chi connectivity index (χ2v) is 2.75. The predicted octanol–water partition coefficient (Wildman–Crippen LogP) is 1.27. The van der Waals surface area contributed by atoms with Crippen molar-refractivity contribution >= 4 is 0 Å². The monoisotopic (exact) mass is 165 g/mol. The van der Waals surface area contributed by atoms with Gasteiger partial charge in [0.25, 0.3) is 0 Å². The molecule has 2 heteroatoms. The van der Waals surface area contributed by atoms with Crippen LogP contribution < -0.4 is 5.32 Å². The highest BCUT2D eigenvalue weighted by Gasteiger charge is 2.13. The van der Waals surface area contributed by atoms with Gasteiger partial charge in [-0.05, 0) is 5.57 Å². The molecule has 0 bridgehead atoms. The van der Waals surface area contributed by atoms with Gasteiger partial charge in [-0.3, -0.25) is 0 Å². The fourth-order valence-corrected chi connectivity index (χ4v) is 1.11. The van der Waals surface area contributed by atoms with E-state index < -0.39 is 0 Å². The molecule has 1 heterocycles. The molecule has 1 N–H and O–H groups in total. The van der Waals surface area contributed by atoms with Gasteiger partial charge in [0.05, 0.1) is 19.3 Å². The Kier molecular flexibility index (Phi) is 3.77. The van der Waals surface area contributed by atoms with Crippen molar-refractivity contribution in [3.05, 3.63) is 37.0 Å². The van der Waals surface area contributed by atoms with E-state index in [2.05, 4.69) is 18.5 Å². The highest BCUT2D eigenvalue weighted by molar-refractivity contribution is 5.24. The lowest BCUT2D eigenvalue weighted by Gasteiger charge is -2.24. The molecule has 1 atom stereocenters. The fourth-order valence-electron chi connectivity index (χ4n) is 1.11. The summed E-state index contributed by atoms with van der Waals surface area (Å²) in [6.45, 7) is 9.97. The summed E-state index contributed by atoms with van der Waals surface area (Å²) in [4.78, 5) is 0. The molecule has 1 aliphatic rings. The van der Waals surface area contributed by atoms with Crippen LogP contribution >= 0.6 is 0 Å². The van der Waals surface area contributed by atoms with E-state index in [0.29, 0.717) is 0 Å². The molecule has 0 saturated carbocycles. The number of hydrogen-bond donors (Lipinski definition) is 1. The second-order valence-electron chi connectivity index (χ2n) is 2.75. The van der Waals surface area contributed by atoms with E-state index in [1.807, 2.05) is 12.2 Å². The molecular weight excluding hydrogens is 150 g/mol. The van der Waals surface area contributed by atoms with Crippen LogP contribution in [0, 0.1) is 0 Å². The molecule has 1 fully saturated rings. The van der Waals surface area contributed by atoms with Crippen LogP contribution in [0.15, 0.2) is 37.0 Å². The summed E-state index contributed by atoms with van der Waals surface area (Å²) < 4.78 is 5.30. The van der Waals surface area contributed by atoms with E-state index in [4.69, 9.17) is 4.74 Å². The van der Waals surface area contributed by atoms with Crippen molar-refractivity contribution < 1.29 is 4.74 Å². The molecule has 1 rings (SSSR count). The fraction of sp³-hybridized carbons (Fsp3) is 0.400. The molecule has 12 heavy (non-hydrogen) atoms. The highest BCUT2D eigenvalue weighted by Crippen LogP contribution is 2.05. The van der Waals surface area contributed by atoms with E-state index in [0.717, 1.165) is 25.3 Å². The van der Waals surface area contributed by atoms with Gasteiger partial charge in [-0.1, -0.05) is 31.4 Å². The summed E-state index contributed by atoms with van der Waals surface area (Å²) in [5.74, 6) is 0. The van der Waals surface area contributed by atoms with Gasteiger partial charge >= 0.3 is 0 Å². The molecule has 0 spiro atoms. The van der Waals surface area contributed by atoms with Gasteiger partial charge in [-0.25, -0.2) is 0 Å². The van der Waals surface area contributed by atoms with Crippen molar-refractivity contribution in [1.82, 2.24) is 5.32 Å². The van der Waals surface area contributed by atoms with Gasteiger partial charge in [-0.15, -0.1) is 0 Å². The zero-order chi connectivity index (χ0) is 8.81. The Bertz CT molecular complexity index is 190. The van der Waals surface area contributed by atoms with Gasteiger partial charge in [-0.2, -0.15) is 0 Å². The molecule has 1 unspecified atom stereocenters. The van der Waals surface area contributed by atoms with Crippen LogP contribution in [0.4, 0.5) is 0 Å². The van der Waals surface area contributed by atoms with Crippen molar-refractivity contribution in [2.24, 2.45) is 0 Å². The van der Waals surface area contributed by atoms with Crippen molar-refractivity contribution in [2.45, 2.75) is 6.04 Å². The summed E-state index contributed by atoms with van der Waals surface area (Å²) in [5, 5.41) is 3.32. The van der Waals surface area contributed by atoms with Crippen LogP contribution in [0.1, 0.15) is 0 Å². The Labute approximate surface area is 73.6 Å². The van der Waals surface area contributed by atoms with E-state index >= 15 is 0 Å². The molecule has 0 amide bonds. The maximum atomic E-state index is 5.30. The smallest absolute Gasteiger partial charge is 0.0661 e. The van der Waals surface area contributed by atoms with Crippen molar-refractivity contribution in [1.29, 1.82) is 0 Å². The highest BCUT2D eigenvalue weighted by atomic mass is 16.5. The van der Waals surface area contributed by atoms with E-state index in [1.165, 1.54) is 0 Å². The minimum Gasteiger partial charge on any atom is -0.378 e. The lowest BCUT2D eigenvalue weighted by atomic mass is 10.1. The van der Waals surface area contributed by atoms with Crippen LogP contribution in [-0.4, -0.2) is 25.8 Å². The first-order valence-electron chi connectivity index (χ1n) is 4.13. The number of ether oxygens (including phenoxy) is 1. The zero-order valence-electron chi connectivity index (χ0n) is 7.25. The largest absolute Gasteiger partial charge is 0.378 e. The first-order valence-corrected chi connectivity index (χ1v) is 4.13. The lowest BCUT2D eigenvalue weighted by Crippen LogP contribution is -2.41. The molecule has 0 aromatic heterocycles. The summed E-state index contributed by atoms with van der Waals surface area (Å²) >= 11 is 0. The molecular formula is C10H15NO. The quantitative estimate of drug-likeness (QED) is 0.636. The van der Waals surface area contributed by atoms with E-state index in [-0.39, 0.29) is 6.04 Å². The van der Waals surface area contributed by atoms with E-state index in [1.54, 1.807) is 6.08 Å². The number of morpholine rings is 1. The molecule has 0 aliphatic carbocycles. The Hall–Kier alpha value is -0.860. The van der Waals surface area contributed by atoms with Crippen LogP contribution in [0.25, 0.3) is 0 Å². The van der Waals surface area contributed by atoms with E-state index in [9.17, 15) is 0 Å². The molecule has 0 aromatic rings. The average Bonchev–Trinajstić information content (AvgIpc) is 2.15. The summed E-state index contributed by atoms with van der Waals surface area (Å²) in [5.41, 5.74) is 1.05. The Morgan fingerprint density at radius 2 is 2.42 bits per heavy atom. The Balaban J connectivity index is 2.39. The summed E-state index contributed by atoms with van der Waals surface area (Å²) in [6.07, 6.45) is 5.59. The van der Waals surface area contributed by atoms with Crippen LogP contribution in [-0.2, 0) is 4.74 Å². The lowest BCUT2D eigenvalue weighted by molar-refractivity contribution is 0.0880. The third-order valence-electron chi connectivity index (χ3n) is 1.82. The van der Waals surface area contributed by atoms with Crippen molar-refractivity contribution in [2.75, 3.05) is 19.8 Å². The number of hydrogen-bond acceptors (Lipinski definition) is 2. The molecule has 1 aliphatic heterocycles. The minimum atomic E-state index is 0.273. The number of rotatable bonds is 3. The Morgan fingerprint density at radius 1 is 1.58 bits per heavy atom. The molecule has 2 nitrogen and oxygen atoms in total. The second kappa shape index (κ2) is 4.91. The summed E-state index contributed by atoms with van der Waals surface area (Å²) in [6, 6.07) is 0.273. The van der Waals surface area contributed by atoms with Gasteiger partial charge < -0.3 is 10.1 Å². The van der Waals surface area contributed by atoms with Gasteiger partial charge in [0.2, 0.25) is 0 Å². The van der Waals surface area contributed by atoms with Gasteiger partial charge in [0.1, 0.15) is 0 Å². The number of nitrogens with one attached hydrogen (secondary N) is 1. The van der Waals surface area contributed by atoms with Crippen LogP contribution in [0.2, 0.25) is 0 Å². The molecule has 66 valence electrons. The molecule has 1 saturated heterocycles. The van der Waals surface area contributed by atoms with Crippen LogP contribution in [0.3, 0.4) is 0 Å². The van der Waals surface area contributed by atoms with Gasteiger partial charge in [0, 0.05) is 6.54 Å². The zero-order valence-corrected chi connectivity index (χ0v) is 7.25. The third kappa shape index (κ3) is 2.64. The van der Waals surface area contributed by atoms with Crippen LogP contribution in [0.5, 0.6) is 0 Å². The number of allylic oxidation sites excluding steroid dienone is 2. The topological polar surface area (TPSA) is 21.3 Å². The first-order chi connectivity index (χ1) is 5.84. The molecule has 0 aromatic carbocycles. The maximum Gasteiger partial charge on any atom is 0.0661 e. The predicted molar refractivity (Wildman–Crippen MR) is 51.1 cm³/mol. The maximum absolute atomic E-state index is 5.30. The minimum absolute atomic E-state index is 0.273. The SMILES string of the molecule is C=C/C=C\C(=C)C1COCCN1. The van der Waals surface area contributed by atoms with Crippen molar-refractivity contribution in [3.63, 3.8) is 0 Å². The third-order valence-corrected chi connectivity index (χ3v) is 1.82. The van der Waals surface area contributed by atoms with Gasteiger partial charge in [0.15, 0.2) is 0 Å². The normalized spacial score (nSPS) is 24.2.